The molecule has 148 valence electrons. The predicted molar refractivity (Wildman–Crippen MR) is 115 cm³/mol. The van der Waals surface area contributed by atoms with Gasteiger partial charge in [0.15, 0.2) is 5.82 Å². The van der Waals surface area contributed by atoms with Crippen LogP contribution in [0.4, 0.5) is 22.1 Å². The van der Waals surface area contributed by atoms with Crippen molar-refractivity contribution in [2.45, 2.75) is 26.3 Å². The molecule has 7 nitrogen and oxygen atoms in total. The fraction of sp³-hybridized carbons (Fsp3) is 0.273. The van der Waals surface area contributed by atoms with E-state index < -0.39 is 0 Å². The van der Waals surface area contributed by atoms with E-state index in [4.69, 9.17) is 4.98 Å². The Morgan fingerprint density at radius 2 is 2.00 bits per heavy atom. The summed E-state index contributed by atoms with van der Waals surface area (Å²) in [5.41, 5.74) is 3.65. The molecule has 0 fully saturated rings. The third-order valence-electron chi connectivity index (χ3n) is 5.13. The minimum absolute atomic E-state index is 0.00987. The van der Waals surface area contributed by atoms with Gasteiger partial charge in [-0.2, -0.15) is 0 Å². The molecule has 0 unspecified atom stereocenters. The van der Waals surface area contributed by atoms with Gasteiger partial charge in [0.2, 0.25) is 0 Å². The number of aromatic nitrogens is 3. The molecule has 3 aromatic heterocycles. The summed E-state index contributed by atoms with van der Waals surface area (Å²) < 4.78 is 0. The Labute approximate surface area is 170 Å². The van der Waals surface area contributed by atoms with Crippen molar-refractivity contribution in [1.29, 1.82) is 0 Å². The summed E-state index contributed by atoms with van der Waals surface area (Å²) in [6, 6.07) is 13.2. The molecule has 29 heavy (non-hydrogen) atoms. The highest BCUT2D eigenvalue weighted by Crippen LogP contribution is 2.35. The normalized spacial score (nSPS) is 16.2. The first kappa shape index (κ1) is 18.9. The molecule has 4 rings (SSSR count). The average molecular weight is 388 g/mol. The van der Waals surface area contributed by atoms with Crippen LogP contribution in [0.15, 0.2) is 54.9 Å². The minimum atomic E-state index is -0.233. The second-order valence-corrected chi connectivity index (χ2v) is 7.30. The van der Waals surface area contributed by atoms with E-state index in [-0.39, 0.29) is 12.1 Å². The monoisotopic (exact) mass is 388 g/mol. The fourth-order valence-corrected chi connectivity index (χ4v) is 3.52. The number of urea groups is 1. The van der Waals surface area contributed by atoms with Crippen molar-refractivity contribution >= 4 is 23.4 Å². The van der Waals surface area contributed by atoms with Crippen LogP contribution in [0.3, 0.4) is 0 Å². The number of hydrogen-bond acceptors (Lipinski definition) is 5. The van der Waals surface area contributed by atoms with Gasteiger partial charge < -0.3 is 4.90 Å². The first-order valence-corrected chi connectivity index (χ1v) is 9.69. The van der Waals surface area contributed by atoms with Gasteiger partial charge in [-0.15, -0.1) is 0 Å². The Morgan fingerprint density at radius 3 is 2.76 bits per heavy atom. The lowest BCUT2D eigenvalue weighted by Crippen LogP contribution is -2.42. The van der Waals surface area contributed by atoms with Gasteiger partial charge in [0, 0.05) is 43.3 Å². The maximum Gasteiger partial charge on any atom is 0.328 e. The number of anilines is 3. The van der Waals surface area contributed by atoms with Crippen LogP contribution < -0.4 is 15.1 Å². The van der Waals surface area contributed by atoms with Gasteiger partial charge in [-0.05, 0) is 56.7 Å². The van der Waals surface area contributed by atoms with Crippen molar-refractivity contribution in [2.75, 3.05) is 28.7 Å². The molecular formula is C22H24N6O. The standard InChI is InChI=1S/C22H24N6O/c1-15-14-17(9-12-23-15)18-7-8-19-21(25-18)28(16(2)10-13-27(19)3)22(29)26-20-6-4-5-11-24-20/h4-9,11-12,14,16H,10,13H2,1-3H3,(H,24,26,29)/t16-/m1/s1. The van der Waals surface area contributed by atoms with Crippen molar-refractivity contribution in [3.8, 4) is 11.3 Å². The second kappa shape index (κ2) is 7.87. The number of nitrogens with zero attached hydrogens (tertiary/aromatic N) is 5. The SMILES string of the molecule is Cc1cc(-c2ccc3c(n2)N(C(=O)Nc2ccccn2)[C@H](C)CCN3C)ccn1. The Morgan fingerprint density at radius 1 is 1.14 bits per heavy atom. The predicted octanol–water partition coefficient (Wildman–Crippen LogP) is 4.11. The zero-order valence-corrected chi connectivity index (χ0v) is 16.8. The summed E-state index contributed by atoms with van der Waals surface area (Å²) in [6.07, 6.45) is 4.27. The zero-order valence-electron chi connectivity index (χ0n) is 16.8. The number of nitrogens with one attached hydrogen (secondary N) is 1. The Balaban J connectivity index is 1.76. The number of carbonyl (C=O) groups is 1. The molecule has 3 aromatic rings. The summed E-state index contributed by atoms with van der Waals surface area (Å²) in [4.78, 5) is 30.5. The lowest BCUT2D eigenvalue weighted by Gasteiger charge is -2.28. The van der Waals surface area contributed by atoms with Crippen molar-refractivity contribution in [1.82, 2.24) is 15.0 Å². The molecule has 7 heteroatoms. The molecule has 1 N–H and O–H groups in total. The van der Waals surface area contributed by atoms with Crippen molar-refractivity contribution in [2.24, 2.45) is 0 Å². The molecule has 2 amide bonds. The van der Waals surface area contributed by atoms with E-state index in [1.54, 1.807) is 23.4 Å². The van der Waals surface area contributed by atoms with Crippen LogP contribution in [0.5, 0.6) is 0 Å². The maximum absolute atomic E-state index is 13.2. The minimum Gasteiger partial charge on any atom is -0.372 e. The number of fused-ring (bicyclic) bond motifs is 1. The largest absolute Gasteiger partial charge is 0.372 e. The van der Waals surface area contributed by atoms with Gasteiger partial charge in [0.25, 0.3) is 0 Å². The van der Waals surface area contributed by atoms with Crippen LogP contribution >= 0.6 is 0 Å². The third kappa shape index (κ3) is 3.89. The smallest absolute Gasteiger partial charge is 0.328 e. The average Bonchev–Trinajstić information content (AvgIpc) is 2.84. The fourth-order valence-electron chi connectivity index (χ4n) is 3.52. The number of pyridine rings is 3. The van der Waals surface area contributed by atoms with Crippen molar-refractivity contribution < 1.29 is 4.79 Å². The highest BCUT2D eigenvalue weighted by atomic mass is 16.2. The summed E-state index contributed by atoms with van der Waals surface area (Å²) >= 11 is 0. The van der Waals surface area contributed by atoms with E-state index >= 15 is 0 Å². The molecule has 0 aliphatic carbocycles. The first-order chi connectivity index (χ1) is 14.0. The van der Waals surface area contributed by atoms with Crippen molar-refractivity contribution in [3.05, 3.63) is 60.6 Å². The summed E-state index contributed by atoms with van der Waals surface area (Å²) in [6.45, 7) is 4.85. The van der Waals surface area contributed by atoms with Crippen molar-refractivity contribution in [3.63, 3.8) is 0 Å². The van der Waals surface area contributed by atoms with Crippen LogP contribution in [0, 0.1) is 6.92 Å². The Hall–Kier alpha value is -3.48. The van der Waals surface area contributed by atoms with Crippen LogP contribution in [-0.2, 0) is 0 Å². The van der Waals surface area contributed by atoms with Crippen LogP contribution in [0.25, 0.3) is 11.3 Å². The van der Waals surface area contributed by atoms with Gasteiger partial charge in [-0.25, -0.2) is 14.8 Å². The lowest BCUT2D eigenvalue weighted by atomic mass is 10.1. The highest BCUT2D eigenvalue weighted by molar-refractivity contribution is 6.03. The van der Waals surface area contributed by atoms with Crippen LogP contribution in [0.2, 0.25) is 0 Å². The van der Waals surface area contributed by atoms with E-state index in [0.717, 1.165) is 35.6 Å². The van der Waals surface area contributed by atoms with E-state index in [2.05, 4.69) is 20.2 Å². The number of aryl methyl sites for hydroxylation is 1. The molecule has 4 heterocycles. The molecule has 0 radical (unpaired) electrons. The number of rotatable bonds is 2. The molecule has 0 bridgehead atoms. The molecular weight excluding hydrogens is 364 g/mol. The summed E-state index contributed by atoms with van der Waals surface area (Å²) in [7, 11) is 2.03. The lowest BCUT2D eigenvalue weighted by molar-refractivity contribution is 0.255. The zero-order chi connectivity index (χ0) is 20.4. The second-order valence-electron chi connectivity index (χ2n) is 7.30. The Bertz CT molecular complexity index is 1020. The molecule has 0 saturated carbocycles. The van der Waals surface area contributed by atoms with Gasteiger partial charge >= 0.3 is 6.03 Å². The van der Waals surface area contributed by atoms with Crippen LogP contribution in [0.1, 0.15) is 19.0 Å². The Kier molecular flexibility index (Phi) is 5.12. The molecule has 1 aliphatic rings. The van der Waals surface area contributed by atoms with Gasteiger partial charge in [0.05, 0.1) is 11.4 Å². The topological polar surface area (TPSA) is 74.2 Å². The quantitative estimate of drug-likeness (QED) is 0.715. The number of carbonyl (C=O) groups excluding carboxylic acids is 1. The van der Waals surface area contributed by atoms with Gasteiger partial charge in [-0.1, -0.05) is 6.07 Å². The van der Waals surface area contributed by atoms with Gasteiger partial charge in [0.1, 0.15) is 5.82 Å². The number of amides is 2. The molecule has 0 saturated heterocycles. The molecule has 0 spiro atoms. The maximum atomic E-state index is 13.2. The van der Waals surface area contributed by atoms with E-state index in [1.807, 2.05) is 57.3 Å². The highest BCUT2D eigenvalue weighted by Gasteiger charge is 2.30. The third-order valence-corrected chi connectivity index (χ3v) is 5.13. The molecule has 1 atom stereocenters. The molecule has 1 aliphatic heterocycles. The number of hydrogen-bond donors (Lipinski definition) is 1. The summed E-state index contributed by atoms with van der Waals surface area (Å²) in [5, 5.41) is 2.90. The van der Waals surface area contributed by atoms with E-state index in [1.165, 1.54) is 0 Å². The van der Waals surface area contributed by atoms with Gasteiger partial charge in [-0.3, -0.25) is 15.2 Å². The summed E-state index contributed by atoms with van der Waals surface area (Å²) in [5.74, 6) is 1.17. The van der Waals surface area contributed by atoms with E-state index in [9.17, 15) is 4.79 Å². The molecule has 0 aromatic carbocycles. The first-order valence-electron chi connectivity index (χ1n) is 9.69. The van der Waals surface area contributed by atoms with Crippen LogP contribution in [-0.4, -0.2) is 40.6 Å². The van der Waals surface area contributed by atoms with E-state index in [0.29, 0.717) is 11.6 Å².